The van der Waals surface area contributed by atoms with Gasteiger partial charge in [-0.25, -0.2) is 0 Å². The smallest absolute Gasteiger partial charge is 0.0607 e. The van der Waals surface area contributed by atoms with E-state index < -0.39 is 0 Å². The highest BCUT2D eigenvalue weighted by molar-refractivity contribution is 5.91. The van der Waals surface area contributed by atoms with E-state index in [1.807, 2.05) is 6.20 Å². The van der Waals surface area contributed by atoms with E-state index in [2.05, 4.69) is 48.4 Å². The highest BCUT2D eigenvalue weighted by Gasteiger charge is 2.73. The van der Waals surface area contributed by atoms with Crippen LogP contribution < -0.4 is 0 Å². The number of hydrogen-bond donors (Lipinski definition) is 1. The Labute approximate surface area is 168 Å². The van der Waals surface area contributed by atoms with E-state index in [-0.39, 0.29) is 0 Å². The van der Waals surface area contributed by atoms with Gasteiger partial charge in [0.1, 0.15) is 0 Å². The Bertz CT molecular complexity index is 876. The summed E-state index contributed by atoms with van der Waals surface area (Å²) in [6.45, 7) is 5.16. The Morgan fingerprint density at radius 2 is 2.04 bits per heavy atom. The molecule has 1 aromatic heterocycles. The van der Waals surface area contributed by atoms with Crippen LogP contribution in [-0.2, 0) is 0 Å². The lowest BCUT2D eigenvalue weighted by Crippen LogP contribution is -2.54. The molecule has 6 rings (SSSR count). The third-order valence-corrected chi connectivity index (χ3v) is 10.4. The quantitative estimate of drug-likeness (QED) is 0.486. The maximum atomic E-state index is 9.46. The van der Waals surface area contributed by atoms with Crippen molar-refractivity contribution in [2.45, 2.75) is 65.2 Å². The van der Waals surface area contributed by atoms with Gasteiger partial charge in [-0.1, -0.05) is 31.1 Å². The fourth-order valence-electron chi connectivity index (χ4n) is 8.86. The Balaban J connectivity index is 1.33. The molecule has 1 spiro atoms. The zero-order valence-corrected chi connectivity index (χ0v) is 17.2. The van der Waals surface area contributed by atoms with E-state index in [4.69, 9.17) is 0 Å². The lowest BCUT2D eigenvalue weighted by molar-refractivity contribution is -0.0987. The minimum Gasteiger partial charge on any atom is -0.411 e. The Morgan fingerprint density at radius 3 is 2.82 bits per heavy atom. The van der Waals surface area contributed by atoms with Crippen LogP contribution in [0.25, 0.3) is 5.57 Å². The number of nitrogens with zero attached hydrogens (tertiary/aromatic N) is 2. The fraction of sp³-hybridized carbons (Fsp3) is 0.680. The standard InChI is InChI=1S/C25H32N2O/c1-23-10-8-20-17(19(23)6-5-18(23)16-4-3-13-26-15-16)7-12-25-14-21(25)22(27-28)9-11-24(20,25)2/h3-5,13,15,17,19-21,28H,6-12,14H2,1-2H3/b27-22+/t17-,19-,20-,21?,23+,24+,25?/m0/s1. The van der Waals surface area contributed by atoms with Crippen molar-refractivity contribution in [3.63, 3.8) is 0 Å². The van der Waals surface area contributed by atoms with Gasteiger partial charge in [-0.15, -0.1) is 0 Å². The molecule has 0 bridgehead atoms. The van der Waals surface area contributed by atoms with Crippen LogP contribution in [0.3, 0.4) is 0 Å². The van der Waals surface area contributed by atoms with Crippen LogP contribution in [0.5, 0.6) is 0 Å². The minimum atomic E-state index is 0.320. The molecule has 1 heterocycles. The second-order valence-corrected chi connectivity index (χ2v) is 10.9. The first-order chi connectivity index (χ1) is 13.5. The molecular weight excluding hydrogens is 344 g/mol. The SMILES string of the molecule is C[C@]12CC[C@H]3[C@@H](CCC45CC4/C(=N/O)CC[C@]35C)[C@@H]1CC=C2c1cccnc1. The normalized spacial score (nSPS) is 50.2. The van der Waals surface area contributed by atoms with Crippen molar-refractivity contribution >= 4 is 11.3 Å². The van der Waals surface area contributed by atoms with Crippen molar-refractivity contribution in [2.75, 3.05) is 0 Å². The lowest BCUT2D eigenvalue weighted by atomic mass is 9.43. The van der Waals surface area contributed by atoms with Gasteiger partial charge in [-0.2, -0.15) is 0 Å². The number of rotatable bonds is 1. The summed E-state index contributed by atoms with van der Waals surface area (Å²) in [5.41, 5.74) is 5.25. The molecule has 7 atom stereocenters. The van der Waals surface area contributed by atoms with E-state index in [1.165, 1.54) is 50.5 Å². The second-order valence-electron chi connectivity index (χ2n) is 10.9. The Morgan fingerprint density at radius 1 is 1.14 bits per heavy atom. The number of fused-ring (bicyclic) bond motifs is 4. The molecule has 5 aliphatic rings. The first kappa shape index (κ1) is 17.2. The largest absolute Gasteiger partial charge is 0.411 e. The highest BCUT2D eigenvalue weighted by atomic mass is 16.4. The lowest BCUT2D eigenvalue weighted by Gasteiger charge is -2.61. The molecule has 2 unspecified atom stereocenters. The van der Waals surface area contributed by atoms with E-state index in [0.717, 1.165) is 29.9 Å². The van der Waals surface area contributed by atoms with Crippen molar-refractivity contribution < 1.29 is 5.21 Å². The zero-order valence-electron chi connectivity index (χ0n) is 17.2. The molecule has 3 heteroatoms. The molecule has 5 aliphatic carbocycles. The van der Waals surface area contributed by atoms with Crippen molar-refractivity contribution in [3.05, 3.63) is 36.2 Å². The topological polar surface area (TPSA) is 45.5 Å². The summed E-state index contributed by atoms with van der Waals surface area (Å²) in [6, 6.07) is 4.33. The number of aromatic nitrogens is 1. The fourth-order valence-corrected chi connectivity index (χ4v) is 8.86. The third-order valence-electron chi connectivity index (χ3n) is 10.4. The van der Waals surface area contributed by atoms with Gasteiger partial charge in [-0.05, 0) is 103 Å². The van der Waals surface area contributed by atoms with Gasteiger partial charge >= 0.3 is 0 Å². The number of oxime groups is 1. The molecule has 0 aliphatic heterocycles. The second kappa shape index (κ2) is 5.49. The number of pyridine rings is 1. The van der Waals surface area contributed by atoms with Crippen LogP contribution in [0, 0.1) is 39.9 Å². The average molecular weight is 377 g/mol. The van der Waals surface area contributed by atoms with E-state index in [0.29, 0.717) is 22.2 Å². The highest BCUT2D eigenvalue weighted by Crippen LogP contribution is 2.79. The van der Waals surface area contributed by atoms with Gasteiger partial charge in [0.15, 0.2) is 0 Å². The average Bonchev–Trinajstić information content (AvgIpc) is 3.35. The molecule has 1 N–H and O–H groups in total. The van der Waals surface area contributed by atoms with Crippen molar-refractivity contribution in [1.82, 2.24) is 4.98 Å². The van der Waals surface area contributed by atoms with Crippen LogP contribution in [0.2, 0.25) is 0 Å². The Kier molecular flexibility index (Phi) is 3.38. The van der Waals surface area contributed by atoms with Gasteiger partial charge in [0.2, 0.25) is 0 Å². The Hall–Kier alpha value is -1.64. The molecule has 4 fully saturated rings. The summed E-state index contributed by atoms with van der Waals surface area (Å²) >= 11 is 0. The maximum absolute atomic E-state index is 9.46. The van der Waals surface area contributed by atoms with Gasteiger partial charge in [0.05, 0.1) is 5.71 Å². The van der Waals surface area contributed by atoms with Gasteiger partial charge in [0.25, 0.3) is 0 Å². The summed E-state index contributed by atoms with van der Waals surface area (Å²) < 4.78 is 0. The molecule has 0 radical (unpaired) electrons. The van der Waals surface area contributed by atoms with Crippen LogP contribution in [0.15, 0.2) is 35.8 Å². The van der Waals surface area contributed by atoms with Crippen LogP contribution in [0.4, 0.5) is 0 Å². The number of allylic oxidation sites excluding steroid dienone is 2. The predicted molar refractivity (Wildman–Crippen MR) is 111 cm³/mol. The molecule has 28 heavy (non-hydrogen) atoms. The first-order valence-corrected chi connectivity index (χ1v) is 11.4. The molecule has 0 amide bonds. The molecule has 4 saturated carbocycles. The van der Waals surface area contributed by atoms with Gasteiger partial charge in [0, 0.05) is 18.3 Å². The van der Waals surface area contributed by atoms with Gasteiger partial charge < -0.3 is 5.21 Å². The van der Waals surface area contributed by atoms with E-state index >= 15 is 0 Å². The van der Waals surface area contributed by atoms with Crippen LogP contribution in [0.1, 0.15) is 70.8 Å². The summed E-state index contributed by atoms with van der Waals surface area (Å²) in [5, 5.41) is 13.2. The van der Waals surface area contributed by atoms with Crippen LogP contribution in [-0.4, -0.2) is 15.9 Å². The van der Waals surface area contributed by atoms with Crippen molar-refractivity contribution in [1.29, 1.82) is 0 Å². The molecular formula is C25H32N2O. The molecule has 3 nitrogen and oxygen atoms in total. The first-order valence-electron chi connectivity index (χ1n) is 11.4. The third kappa shape index (κ3) is 1.91. The number of hydrogen-bond acceptors (Lipinski definition) is 3. The van der Waals surface area contributed by atoms with Crippen molar-refractivity contribution in [2.24, 2.45) is 45.1 Å². The summed E-state index contributed by atoms with van der Waals surface area (Å²) in [7, 11) is 0. The summed E-state index contributed by atoms with van der Waals surface area (Å²) in [5.74, 6) is 3.08. The maximum Gasteiger partial charge on any atom is 0.0607 e. The predicted octanol–water partition coefficient (Wildman–Crippen LogP) is 5.95. The van der Waals surface area contributed by atoms with Crippen molar-refractivity contribution in [3.8, 4) is 0 Å². The molecule has 0 aromatic carbocycles. The summed E-state index contributed by atoms with van der Waals surface area (Å²) in [6.07, 6.45) is 16.7. The van der Waals surface area contributed by atoms with E-state index in [9.17, 15) is 5.21 Å². The zero-order chi connectivity index (χ0) is 19.1. The minimum absolute atomic E-state index is 0.320. The monoisotopic (exact) mass is 376 g/mol. The molecule has 0 saturated heterocycles. The summed E-state index contributed by atoms with van der Waals surface area (Å²) in [4.78, 5) is 4.40. The molecule has 148 valence electrons. The molecule has 1 aromatic rings. The van der Waals surface area contributed by atoms with Gasteiger partial charge in [-0.3, -0.25) is 4.98 Å². The van der Waals surface area contributed by atoms with E-state index in [1.54, 1.807) is 5.57 Å². The van der Waals surface area contributed by atoms with Crippen LogP contribution >= 0.6 is 0 Å².